The van der Waals surface area contributed by atoms with Crippen molar-refractivity contribution >= 4 is 28.6 Å². The van der Waals surface area contributed by atoms with Crippen molar-refractivity contribution in [3.8, 4) is 5.75 Å². The first-order valence-corrected chi connectivity index (χ1v) is 8.54. The number of nitrogens with zero attached hydrogens (tertiary/aromatic N) is 2. The summed E-state index contributed by atoms with van der Waals surface area (Å²) in [6.45, 7) is 6.14. The minimum absolute atomic E-state index is 0.00195. The van der Waals surface area contributed by atoms with E-state index in [2.05, 4.69) is 11.9 Å². The molecule has 0 bridgehead atoms. The van der Waals surface area contributed by atoms with Crippen LogP contribution in [0.25, 0.3) is 0 Å². The Hall–Kier alpha value is -1.40. The second-order valence-electron chi connectivity index (χ2n) is 4.82. The Morgan fingerprint density at radius 2 is 2.24 bits per heavy atom. The quantitative estimate of drug-likeness (QED) is 0.837. The Labute approximate surface area is 133 Å². The third kappa shape index (κ3) is 3.11. The van der Waals surface area contributed by atoms with Crippen LogP contribution in [0.1, 0.15) is 45.1 Å². The normalized spacial score (nSPS) is 12.2. The number of carbonyl (C=O) groups is 1. The van der Waals surface area contributed by atoms with Gasteiger partial charge in [-0.15, -0.1) is 22.7 Å². The van der Waals surface area contributed by atoms with Crippen molar-refractivity contribution in [3.05, 3.63) is 31.9 Å². The molecule has 1 unspecified atom stereocenters. The van der Waals surface area contributed by atoms with Crippen molar-refractivity contribution in [2.75, 3.05) is 14.2 Å². The van der Waals surface area contributed by atoms with E-state index in [1.165, 1.54) is 11.3 Å². The number of aromatic nitrogens is 1. The molecule has 2 rings (SSSR count). The first kappa shape index (κ1) is 16.0. The molecule has 2 aromatic heterocycles. The minimum atomic E-state index is -0.0137. The molecule has 0 spiro atoms. The lowest BCUT2D eigenvalue weighted by molar-refractivity contribution is 0.0746. The van der Waals surface area contributed by atoms with Crippen molar-refractivity contribution in [2.45, 2.75) is 33.2 Å². The fourth-order valence-electron chi connectivity index (χ4n) is 2.13. The molecule has 0 saturated heterocycles. The highest BCUT2D eigenvalue weighted by Gasteiger charge is 2.25. The number of hydrogen-bond acceptors (Lipinski definition) is 5. The molecule has 1 atom stereocenters. The number of carbonyl (C=O) groups excluding carboxylic acids is 1. The van der Waals surface area contributed by atoms with Gasteiger partial charge in [-0.3, -0.25) is 4.79 Å². The standard InChI is InChI=1S/C15H20N2O2S2/c1-6-12-16-9(2)13(21-12)10(3)17(4)15(18)14-11(19-5)7-8-20-14/h7-8,10H,6H2,1-5H3. The second-order valence-corrected chi connectivity index (χ2v) is 6.85. The SMILES string of the molecule is CCc1nc(C)c(C(C)N(C)C(=O)c2sccc2OC)s1. The molecule has 4 nitrogen and oxygen atoms in total. The molecule has 0 fully saturated rings. The van der Waals surface area contributed by atoms with Gasteiger partial charge < -0.3 is 9.64 Å². The lowest BCUT2D eigenvalue weighted by Gasteiger charge is -2.24. The highest BCUT2D eigenvalue weighted by atomic mass is 32.1. The maximum Gasteiger partial charge on any atom is 0.268 e. The number of amides is 1. The van der Waals surface area contributed by atoms with Gasteiger partial charge in [0.15, 0.2) is 0 Å². The Bertz CT molecular complexity index is 633. The summed E-state index contributed by atoms with van der Waals surface area (Å²) in [6, 6.07) is 1.82. The topological polar surface area (TPSA) is 42.4 Å². The van der Waals surface area contributed by atoms with Crippen LogP contribution >= 0.6 is 22.7 Å². The highest BCUT2D eigenvalue weighted by Crippen LogP contribution is 2.32. The van der Waals surface area contributed by atoms with E-state index in [0.29, 0.717) is 10.6 Å². The Kier molecular flexibility index (Phi) is 5.00. The second kappa shape index (κ2) is 6.58. The molecule has 114 valence electrons. The van der Waals surface area contributed by atoms with Crippen molar-refractivity contribution < 1.29 is 9.53 Å². The van der Waals surface area contributed by atoms with E-state index in [-0.39, 0.29) is 11.9 Å². The molecule has 0 N–H and O–H groups in total. The molecule has 1 amide bonds. The predicted molar refractivity (Wildman–Crippen MR) is 87.6 cm³/mol. The number of methoxy groups -OCH3 is 1. The van der Waals surface area contributed by atoms with Crippen LogP contribution in [0.3, 0.4) is 0 Å². The molecule has 0 radical (unpaired) electrons. The molecule has 0 saturated carbocycles. The number of thiophene rings is 1. The molecule has 0 aliphatic carbocycles. The summed E-state index contributed by atoms with van der Waals surface area (Å²) >= 11 is 3.10. The van der Waals surface area contributed by atoms with Crippen LogP contribution in [0.15, 0.2) is 11.4 Å². The number of ether oxygens (including phenoxy) is 1. The van der Waals surface area contributed by atoms with Crippen molar-refractivity contribution in [1.29, 1.82) is 0 Å². The van der Waals surface area contributed by atoms with Crippen molar-refractivity contribution in [2.24, 2.45) is 0 Å². The first-order valence-electron chi connectivity index (χ1n) is 6.84. The summed E-state index contributed by atoms with van der Waals surface area (Å²) in [5.74, 6) is 0.625. The first-order chi connectivity index (χ1) is 9.99. The lowest BCUT2D eigenvalue weighted by Crippen LogP contribution is -2.29. The molecule has 21 heavy (non-hydrogen) atoms. The smallest absolute Gasteiger partial charge is 0.268 e. The van der Waals surface area contributed by atoms with E-state index in [4.69, 9.17) is 4.74 Å². The Morgan fingerprint density at radius 1 is 1.52 bits per heavy atom. The average molecular weight is 324 g/mol. The zero-order valence-corrected chi connectivity index (χ0v) is 14.6. The molecule has 0 aromatic carbocycles. The van der Waals surface area contributed by atoms with Crippen molar-refractivity contribution in [3.63, 3.8) is 0 Å². The maximum absolute atomic E-state index is 12.6. The third-order valence-electron chi connectivity index (χ3n) is 3.50. The summed E-state index contributed by atoms with van der Waals surface area (Å²) in [5.41, 5.74) is 1.02. The summed E-state index contributed by atoms with van der Waals surface area (Å²) < 4.78 is 5.24. The van der Waals surface area contributed by atoms with E-state index in [1.54, 1.807) is 23.3 Å². The number of thiazole rings is 1. The van der Waals surface area contributed by atoms with Gasteiger partial charge in [0.1, 0.15) is 10.6 Å². The molecule has 6 heteroatoms. The summed E-state index contributed by atoms with van der Waals surface area (Å²) in [6.07, 6.45) is 0.925. The molecule has 0 aliphatic rings. The van der Waals surface area contributed by atoms with Crippen LogP contribution in [0.2, 0.25) is 0 Å². The maximum atomic E-state index is 12.6. The zero-order chi connectivity index (χ0) is 15.6. The fourth-order valence-corrected chi connectivity index (χ4v) is 4.07. The third-order valence-corrected chi connectivity index (χ3v) is 5.86. The largest absolute Gasteiger partial charge is 0.495 e. The predicted octanol–water partition coefficient (Wildman–Crippen LogP) is 3.92. The van der Waals surface area contributed by atoms with Crippen LogP contribution in [-0.2, 0) is 6.42 Å². The van der Waals surface area contributed by atoms with Crippen LogP contribution in [-0.4, -0.2) is 29.9 Å². The molecule has 2 heterocycles. The summed E-state index contributed by atoms with van der Waals surface area (Å²) in [4.78, 5) is 20.7. The van der Waals surface area contributed by atoms with Gasteiger partial charge >= 0.3 is 0 Å². The van der Waals surface area contributed by atoms with Gasteiger partial charge in [-0.2, -0.15) is 0 Å². The molecule has 2 aromatic rings. The molecular formula is C15H20N2O2S2. The monoisotopic (exact) mass is 324 g/mol. The van der Waals surface area contributed by atoms with Crippen LogP contribution in [0, 0.1) is 6.92 Å². The van der Waals surface area contributed by atoms with Gasteiger partial charge in [0.05, 0.1) is 23.9 Å². The fraction of sp³-hybridized carbons (Fsp3) is 0.467. The summed E-state index contributed by atoms with van der Waals surface area (Å²) in [5, 5.41) is 2.99. The Balaban J connectivity index is 2.24. The van der Waals surface area contributed by atoms with Gasteiger partial charge in [0, 0.05) is 11.9 Å². The van der Waals surface area contributed by atoms with Gasteiger partial charge in [-0.25, -0.2) is 4.98 Å². The van der Waals surface area contributed by atoms with Gasteiger partial charge in [0.2, 0.25) is 0 Å². The number of aryl methyl sites for hydroxylation is 2. The van der Waals surface area contributed by atoms with Crippen LogP contribution in [0.4, 0.5) is 0 Å². The minimum Gasteiger partial charge on any atom is -0.495 e. The van der Waals surface area contributed by atoms with E-state index >= 15 is 0 Å². The van der Waals surface area contributed by atoms with E-state index in [9.17, 15) is 4.79 Å². The van der Waals surface area contributed by atoms with Crippen LogP contribution < -0.4 is 4.74 Å². The zero-order valence-electron chi connectivity index (χ0n) is 13.0. The number of rotatable bonds is 5. The average Bonchev–Trinajstić information content (AvgIpc) is 3.10. The molecular weight excluding hydrogens is 304 g/mol. The van der Waals surface area contributed by atoms with E-state index < -0.39 is 0 Å². The van der Waals surface area contributed by atoms with Crippen molar-refractivity contribution in [1.82, 2.24) is 9.88 Å². The highest BCUT2D eigenvalue weighted by molar-refractivity contribution is 7.12. The van der Waals surface area contributed by atoms with E-state index in [1.807, 2.05) is 32.3 Å². The lowest BCUT2D eigenvalue weighted by atomic mass is 10.2. The number of hydrogen-bond donors (Lipinski definition) is 0. The Morgan fingerprint density at radius 3 is 2.81 bits per heavy atom. The summed E-state index contributed by atoms with van der Waals surface area (Å²) in [7, 11) is 3.42. The van der Waals surface area contributed by atoms with Gasteiger partial charge in [-0.1, -0.05) is 6.92 Å². The van der Waals surface area contributed by atoms with Crippen LogP contribution in [0.5, 0.6) is 5.75 Å². The van der Waals surface area contributed by atoms with Gasteiger partial charge in [-0.05, 0) is 31.7 Å². The van der Waals surface area contributed by atoms with Gasteiger partial charge in [0.25, 0.3) is 5.91 Å². The molecule has 0 aliphatic heterocycles. The van der Waals surface area contributed by atoms with E-state index in [0.717, 1.165) is 22.0 Å².